The van der Waals surface area contributed by atoms with Gasteiger partial charge >= 0.3 is 0 Å². The Morgan fingerprint density at radius 3 is 2.92 bits per heavy atom. The lowest BCUT2D eigenvalue weighted by molar-refractivity contribution is -0.115. The number of anilines is 1. The summed E-state index contributed by atoms with van der Waals surface area (Å²) in [5, 5.41) is 5.25. The number of carbonyl (C=O) groups excluding carboxylic acids is 2. The second-order valence-corrected chi connectivity index (χ2v) is 7.44. The summed E-state index contributed by atoms with van der Waals surface area (Å²) >= 11 is 0.913. The fourth-order valence-electron chi connectivity index (χ4n) is 2.76. The fraction of sp³-hybridized carbons (Fsp3) is 0.263. The first-order chi connectivity index (χ1) is 12.7. The molecule has 132 valence electrons. The maximum atomic E-state index is 11.7. The van der Waals surface area contributed by atoms with Gasteiger partial charge in [0.05, 0.1) is 23.0 Å². The van der Waals surface area contributed by atoms with Crippen LogP contribution in [0.15, 0.2) is 41.6 Å². The lowest BCUT2D eigenvalue weighted by Crippen LogP contribution is -2.17. The molecule has 0 atom stereocenters. The molecular weight excluding hydrogens is 348 g/mol. The van der Waals surface area contributed by atoms with Crippen LogP contribution < -0.4 is 10.6 Å². The predicted molar refractivity (Wildman–Crippen MR) is 102 cm³/mol. The van der Waals surface area contributed by atoms with Gasteiger partial charge in [-0.2, -0.15) is 0 Å². The maximum Gasteiger partial charge on any atom is 0.290 e. The van der Waals surface area contributed by atoms with Crippen LogP contribution in [-0.2, 0) is 4.79 Å². The van der Waals surface area contributed by atoms with Crippen LogP contribution in [0.5, 0.6) is 0 Å². The highest BCUT2D eigenvalue weighted by atomic mass is 32.2. The molecule has 0 bridgehead atoms. The number of rotatable bonds is 6. The number of nitrogens with zero attached hydrogens (tertiary/aromatic N) is 2. The van der Waals surface area contributed by atoms with Crippen molar-refractivity contribution in [2.75, 3.05) is 11.9 Å². The van der Waals surface area contributed by atoms with Gasteiger partial charge in [-0.1, -0.05) is 31.0 Å². The smallest absolute Gasteiger partial charge is 0.290 e. The average Bonchev–Trinajstić information content (AvgIpc) is 3.40. The van der Waals surface area contributed by atoms with E-state index in [1.807, 2.05) is 24.3 Å². The molecule has 1 aromatic carbocycles. The summed E-state index contributed by atoms with van der Waals surface area (Å²) < 4.78 is 0. The minimum Gasteiger partial charge on any atom is -0.369 e. The van der Waals surface area contributed by atoms with Crippen LogP contribution in [0.1, 0.15) is 24.8 Å². The first kappa shape index (κ1) is 16.8. The van der Waals surface area contributed by atoms with E-state index in [0.717, 1.165) is 46.9 Å². The molecule has 1 aliphatic heterocycles. The molecule has 2 amide bonds. The van der Waals surface area contributed by atoms with Crippen LogP contribution in [0.25, 0.3) is 17.3 Å². The van der Waals surface area contributed by atoms with Crippen molar-refractivity contribution in [3.8, 4) is 11.3 Å². The topological polar surface area (TPSA) is 84.0 Å². The van der Waals surface area contributed by atoms with Crippen LogP contribution in [0.2, 0.25) is 0 Å². The Hall–Kier alpha value is -2.67. The van der Waals surface area contributed by atoms with E-state index in [9.17, 15) is 9.59 Å². The van der Waals surface area contributed by atoms with E-state index in [4.69, 9.17) is 0 Å². The molecule has 7 heteroatoms. The van der Waals surface area contributed by atoms with Gasteiger partial charge in [-0.25, -0.2) is 4.98 Å². The van der Waals surface area contributed by atoms with Crippen LogP contribution in [0, 0.1) is 5.92 Å². The molecule has 0 unspecified atom stereocenters. The molecule has 0 spiro atoms. The van der Waals surface area contributed by atoms with Crippen molar-refractivity contribution in [2.45, 2.75) is 19.3 Å². The first-order valence-electron chi connectivity index (χ1n) is 8.58. The van der Waals surface area contributed by atoms with Crippen LogP contribution in [0.4, 0.5) is 10.6 Å². The van der Waals surface area contributed by atoms with Crippen molar-refractivity contribution in [2.24, 2.45) is 5.92 Å². The van der Waals surface area contributed by atoms with Crippen molar-refractivity contribution < 1.29 is 9.59 Å². The second kappa shape index (κ2) is 7.29. The monoisotopic (exact) mass is 366 g/mol. The van der Waals surface area contributed by atoms with E-state index in [1.165, 1.54) is 19.3 Å². The highest BCUT2D eigenvalue weighted by molar-refractivity contribution is 8.18. The molecule has 1 saturated heterocycles. The second-order valence-electron chi connectivity index (χ2n) is 6.43. The van der Waals surface area contributed by atoms with E-state index in [2.05, 4.69) is 20.6 Å². The maximum absolute atomic E-state index is 11.7. The van der Waals surface area contributed by atoms with E-state index >= 15 is 0 Å². The minimum atomic E-state index is -0.355. The Morgan fingerprint density at radius 2 is 2.15 bits per heavy atom. The molecule has 1 aliphatic carbocycles. The molecule has 2 aliphatic rings. The number of aromatic nitrogens is 2. The minimum absolute atomic E-state index is 0.340. The largest absolute Gasteiger partial charge is 0.369 e. The van der Waals surface area contributed by atoms with Gasteiger partial charge < -0.3 is 5.32 Å². The normalized spacial score (nSPS) is 18.2. The third-order valence-electron chi connectivity index (χ3n) is 4.31. The van der Waals surface area contributed by atoms with E-state index in [1.54, 1.807) is 18.5 Å². The number of hydrogen-bond donors (Lipinski definition) is 2. The summed E-state index contributed by atoms with van der Waals surface area (Å²) in [5.41, 5.74) is 2.51. The molecule has 1 saturated carbocycles. The van der Waals surface area contributed by atoms with Gasteiger partial charge in [0, 0.05) is 12.1 Å². The molecule has 2 heterocycles. The highest BCUT2D eigenvalue weighted by Crippen LogP contribution is 2.32. The summed E-state index contributed by atoms with van der Waals surface area (Å²) in [5.74, 6) is 1.29. The van der Waals surface area contributed by atoms with Crippen LogP contribution in [-0.4, -0.2) is 27.7 Å². The number of thioether (sulfide) groups is 1. The molecule has 6 nitrogen and oxygen atoms in total. The van der Waals surface area contributed by atoms with Crippen LogP contribution >= 0.6 is 11.8 Å². The Kier molecular flexibility index (Phi) is 4.71. The lowest BCUT2D eigenvalue weighted by Gasteiger charge is -2.07. The summed E-state index contributed by atoms with van der Waals surface area (Å²) in [6, 6.07) is 7.67. The molecule has 0 radical (unpaired) electrons. The Bertz CT molecular complexity index is 893. The molecule has 26 heavy (non-hydrogen) atoms. The molecule has 1 aromatic heterocycles. The van der Waals surface area contributed by atoms with E-state index < -0.39 is 0 Å². The standard InChI is InChI=1S/C19H18N4O2S/c24-18-16(26-19(25)23-18)9-13-2-1-3-14(8-13)15-10-20-11-17(22-15)21-7-6-12-4-5-12/h1-3,8-12H,4-7H2,(H,21,22)(H,23,24,25)/b16-9-. The van der Waals surface area contributed by atoms with Gasteiger partial charge in [0.1, 0.15) is 5.82 Å². The van der Waals surface area contributed by atoms with Gasteiger partial charge in [-0.15, -0.1) is 0 Å². The van der Waals surface area contributed by atoms with Crippen molar-refractivity contribution in [1.29, 1.82) is 0 Å². The SMILES string of the molecule is O=C1NC(=O)/C(=C/c2cccc(-c3cncc(NCCC4CC4)n3)c2)S1. The van der Waals surface area contributed by atoms with Crippen LogP contribution in [0.3, 0.4) is 0 Å². The summed E-state index contributed by atoms with van der Waals surface area (Å²) in [6.07, 6.45) is 9.02. The third-order valence-corrected chi connectivity index (χ3v) is 5.12. The zero-order chi connectivity index (χ0) is 17.9. The average molecular weight is 366 g/mol. The van der Waals surface area contributed by atoms with Crippen molar-refractivity contribution in [1.82, 2.24) is 15.3 Å². The Morgan fingerprint density at radius 1 is 1.27 bits per heavy atom. The van der Waals surface area contributed by atoms with E-state index in [-0.39, 0.29) is 11.1 Å². The van der Waals surface area contributed by atoms with Crippen molar-refractivity contribution in [3.63, 3.8) is 0 Å². The van der Waals surface area contributed by atoms with Gasteiger partial charge in [-0.3, -0.25) is 19.9 Å². The fourth-order valence-corrected chi connectivity index (χ4v) is 3.44. The predicted octanol–water partition coefficient (Wildman–Crippen LogP) is 3.68. The van der Waals surface area contributed by atoms with Gasteiger partial charge in [-0.05, 0) is 41.8 Å². The highest BCUT2D eigenvalue weighted by Gasteiger charge is 2.25. The molecule has 2 aromatic rings. The number of imide groups is 1. The first-order valence-corrected chi connectivity index (χ1v) is 9.40. The zero-order valence-corrected chi connectivity index (χ0v) is 14.9. The van der Waals surface area contributed by atoms with E-state index in [0.29, 0.717) is 4.91 Å². The van der Waals surface area contributed by atoms with Gasteiger partial charge in [0.25, 0.3) is 11.1 Å². The number of benzene rings is 1. The lowest BCUT2D eigenvalue weighted by atomic mass is 10.1. The molecule has 4 rings (SSSR count). The Labute approximate surface area is 155 Å². The summed E-state index contributed by atoms with van der Waals surface area (Å²) in [7, 11) is 0. The summed E-state index contributed by atoms with van der Waals surface area (Å²) in [6.45, 7) is 0.912. The number of hydrogen-bond acceptors (Lipinski definition) is 6. The van der Waals surface area contributed by atoms with Crippen molar-refractivity contribution in [3.05, 3.63) is 47.1 Å². The molecule has 2 N–H and O–H groups in total. The number of nitrogens with one attached hydrogen (secondary N) is 2. The quantitative estimate of drug-likeness (QED) is 0.759. The zero-order valence-electron chi connectivity index (χ0n) is 14.1. The van der Waals surface area contributed by atoms with Gasteiger partial charge in [0.2, 0.25) is 0 Å². The van der Waals surface area contributed by atoms with Crippen molar-refractivity contribution >= 4 is 34.8 Å². The number of amides is 2. The Balaban J connectivity index is 1.51. The third kappa shape index (κ3) is 4.11. The number of carbonyl (C=O) groups is 2. The van der Waals surface area contributed by atoms with Gasteiger partial charge in [0.15, 0.2) is 0 Å². The molecular formula is C19H18N4O2S. The summed E-state index contributed by atoms with van der Waals surface area (Å²) in [4.78, 5) is 32.3. The molecule has 2 fully saturated rings.